The lowest BCUT2D eigenvalue weighted by molar-refractivity contribution is 0.00578. The summed E-state index contributed by atoms with van der Waals surface area (Å²) < 4.78 is 17.7. The number of alkyl halides is 1. The average Bonchev–Trinajstić information content (AvgIpc) is 2.57. The number of benzene rings is 1. The van der Waals surface area contributed by atoms with Gasteiger partial charge in [0.2, 0.25) is 0 Å². The van der Waals surface area contributed by atoms with Crippen molar-refractivity contribution in [3.05, 3.63) is 23.3 Å². The van der Waals surface area contributed by atoms with Gasteiger partial charge >= 0.3 is 7.12 Å². The minimum absolute atomic E-state index is 0.326. The molecule has 0 radical (unpaired) electrons. The number of methoxy groups -OCH3 is 1. The fourth-order valence-electron chi connectivity index (χ4n) is 2.28. The van der Waals surface area contributed by atoms with Crippen molar-refractivity contribution < 1.29 is 14.0 Å². The summed E-state index contributed by atoms with van der Waals surface area (Å²) in [6, 6.07) is 4.12. The highest BCUT2D eigenvalue weighted by Crippen LogP contribution is 2.37. The molecule has 0 saturated carbocycles. The van der Waals surface area contributed by atoms with Crippen LogP contribution in [0.5, 0.6) is 5.75 Å². The molecule has 1 aromatic rings. The zero-order valence-corrected chi connectivity index (χ0v) is 14.6. The second kappa shape index (κ2) is 5.36. The van der Waals surface area contributed by atoms with Gasteiger partial charge in [0.05, 0.1) is 18.3 Å². The van der Waals surface area contributed by atoms with Gasteiger partial charge in [-0.1, -0.05) is 22.0 Å². The molecule has 1 aliphatic heterocycles. The molecule has 1 heterocycles. The molecule has 0 spiro atoms. The van der Waals surface area contributed by atoms with E-state index in [2.05, 4.69) is 56.6 Å². The second-order valence-electron chi connectivity index (χ2n) is 6.24. The Bertz CT molecular complexity index is 498. The zero-order chi connectivity index (χ0) is 15.1. The number of hydrogen-bond acceptors (Lipinski definition) is 3. The summed E-state index contributed by atoms with van der Waals surface area (Å²) in [6.45, 7) is 10.3. The lowest BCUT2D eigenvalue weighted by Gasteiger charge is -2.32. The van der Waals surface area contributed by atoms with E-state index in [1.807, 2.05) is 6.07 Å². The van der Waals surface area contributed by atoms with Crippen LogP contribution in [-0.4, -0.2) is 25.4 Å². The highest BCUT2D eigenvalue weighted by Gasteiger charge is 2.51. The topological polar surface area (TPSA) is 27.7 Å². The zero-order valence-electron chi connectivity index (χ0n) is 13.0. The van der Waals surface area contributed by atoms with Crippen molar-refractivity contribution in [2.24, 2.45) is 0 Å². The summed E-state index contributed by atoms with van der Waals surface area (Å²) in [5, 5.41) is 0.769. The molecule has 1 fully saturated rings. The first-order chi connectivity index (χ1) is 9.21. The van der Waals surface area contributed by atoms with Crippen LogP contribution in [0, 0.1) is 6.92 Å². The van der Waals surface area contributed by atoms with Crippen LogP contribution in [0.1, 0.15) is 38.8 Å². The Morgan fingerprint density at radius 2 is 1.70 bits per heavy atom. The molecule has 5 heteroatoms. The van der Waals surface area contributed by atoms with E-state index in [0.717, 1.165) is 22.1 Å². The highest BCUT2D eigenvalue weighted by molar-refractivity contribution is 9.08. The summed E-state index contributed by atoms with van der Waals surface area (Å²) in [6.07, 6.45) is 0. The van der Waals surface area contributed by atoms with E-state index < -0.39 is 0 Å². The van der Waals surface area contributed by atoms with Gasteiger partial charge < -0.3 is 14.0 Å². The predicted octanol–water partition coefficient (Wildman–Crippen LogP) is 3.20. The lowest BCUT2D eigenvalue weighted by atomic mass is 9.77. The minimum Gasteiger partial charge on any atom is -0.496 e. The average molecular weight is 341 g/mol. The molecular formula is C15H22BBrO3. The van der Waals surface area contributed by atoms with Gasteiger partial charge in [-0.3, -0.25) is 0 Å². The van der Waals surface area contributed by atoms with Crippen molar-refractivity contribution in [1.29, 1.82) is 0 Å². The maximum absolute atomic E-state index is 6.09. The van der Waals surface area contributed by atoms with Crippen LogP contribution in [-0.2, 0) is 14.6 Å². The van der Waals surface area contributed by atoms with Gasteiger partial charge in [-0.05, 0) is 51.7 Å². The van der Waals surface area contributed by atoms with Crippen LogP contribution >= 0.6 is 15.9 Å². The van der Waals surface area contributed by atoms with Gasteiger partial charge in [-0.25, -0.2) is 0 Å². The molecule has 20 heavy (non-hydrogen) atoms. The molecule has 2 rings (SSSR count). The Morgan fingerprint density at radius 1 is 1.15 bits per heavy atom. The van der Waals surface area contributed by atoms with Crippen molar-refractivity contribution in [3.8, 4) is 5.75 Å². The molecule has 0 atom stereocenters. The van der Waals surface area contributed by atoms with Gasteiger partial charge in [0.15, 0.2) is 0 Å². The molecule has 0 bridgehead atoms. The maximum atomic E-state index is 6.09. The van der Waals surface area contributed by atoms with Crippen molar-refractivity contribution in [3.63, 3.8) is 0 Å². The van der Waals surface area contributed by atoms with Crippen molar-refractivity contribution >= 4 is 28.5 Å². The summed E-state index contributed by atoms with van der Waals surface area (Å²) >= 11 is 3.50. The first-order valence-electron chi connectivity index (χ1n) is 6.81. The molecule has 1 aromatic carbocycles. The maximum Gasteiger partial charge on any atom is 0.494 e. The SMILES string of the molecule is COc1cc(B2OC(C)(C)C(C)(C)O2)cc(C)c1CBr. The Balaban J connectivity index is 2.38. The van der Waals surface area contributed by atoms with Gasteiger partial charge in [0.1, 0.15) is 5.75 Å². The van der Waals surface area contributed by atoms with Crippen molar-refractivity contribution in [1.82, 2.24) is 0 Å². The van der Waals surface area contributed by atoms with E-state index in [1.54, 1.807) is 7.11 Å². The van der Waals surface area contributed by atoms with E-state index in [0.29, 0.717) is 0 Å². The Morgan fingerprint density at radius 3 is 2.15 bits per heavy atom. The molecule has 1 saturated heterocycles. The molecule has 0 aliphatic carbocycles. The van der Waals surface area contributed by atoms with E-state index >= 15 is 0 Å². The first-order valence-corrected chi connectivity index (χ1v) is 7.93. The molecule has 0 unspecified atom stereocenters. The minimum atomic E-state index is -0.350. The normalized spacial score (nSPS) is 20.2. The Kier molecular flexibility index (Phi) is 4.25. The predicted molar refractivity (Wildman–Crippen MR) is 86.1 cm³/mol. The van der Waals surface area contributed by atoms with E-state index in [9.17, 15) is 0 Å². The summed E-state index contributed by atoms with van der Waals surface area (Å²) in [5.74, 6) is 0.867. The molecule has 3 nitrogen and oxygen atoms in total. The number of halogens is 1. The van der Waals surface area contributed by atoms with Crippen LogP contribution < -0.4 is 10.2 Å². The standard InChI is InChI=1S/C15H22BBrO3/c1-10-7-11(8-13(18-6)12(10)9-17)16-19-14(2,3)15(4,5)20-16/h7-8H,9H2,1-6H3. The van der Waals surface area contributed by atoms with Gasteiger partial charge in [-0.2, -0.15) is 0 Å². The smallest absolute Gasteiger partial charge is 0.494 e. The quantitative estimate of drug-likeness (QED) is 0.624. The fourth-order valence-corrected chi connectivity index (χ4v) is 3.00. The monoisotopic (exact) mass is 340 g/mol. The molecule has 0 N–H and O–H groups in total. The first kappa shape index (κ1) is 15.9. The van der Waals surface area contributed by atoms with E-state index in [4.69, 9.17) is 14.0 Å². The summed E-state index contributed by atoms with van der Waals surface area (Å²) in [4.78, 5) is 0. The Labute approximate surface area is 130 Å². The van der Waals surface area contributed by atoms with Crippen LogP contribution in [0.4, 0.5) is 0 Å². The van der Waals surface area contributed by atoms with Crippen LogP contribution in [0.15, 0.2) is 12.1 Å². The third kappa shape index (κ3) is 2.63. The van der Waals surface area contributed by atoms with Crippen molar-refractivity contribution in [2.75, 3.05) is 7.11 Å². The second-order valence-corrected chi connectivity index (χ2v) is 6.80. The molecule has 0 aromatic heterocycles. The largest absolute Gasteiger partial charge is 0.496 e. The van der Waals surface area contributed by atoms with Crippen LogP contribution in [0.3, 0.4) is 0 Å². The lowest BCUT2D eigenvalue weighted by Crippen LogP contribution is -2.41. The summed E-state index contributed by atoms with van der Waals surface area (Å²) in [7, 11) is 1.34. The third-order valence-corrected chi connectivity index (χ3v) is 4.89. The van der Waals surface area contributed by atoms with Crippen LogP contribution in [0.25, 0.3) is 0 Å². The molecule has 0 amide bonds. The van der Waals surface area contributed by atoms with Crippen molar-refractivity contribution in [2.45, 2.75) is 51.2 Å². The Hall–Kier alpha value is -0.515. The van der Waals surface area contributed by atoms with Gasteiger partial charge in [0, 0.05) is 10.9 Å². The number of rotatable bonds is 3. The number of aryl methyl sites for hydroxylation is 1. The van der Waals surface area contributed by atoms with E-state index in [1.165, 1.54) is 5.56 Å². The number of hydrogen-bond donors (Lipinski definition) is 0. The third-order valence-electron chi connectivity index (χ3n) is 4.33. The molecular weight excluding hydrogens is 319 g/mol. The summed E-state index contributed by atoms with van der Waals surface area (Å²) in [5.41, 5.74) is 2.68. The molecule has 110 valence electrons. The number of ether oxygens (including phenoxy) is 1. The highest BCUT2D eigenvalue weighted by atomic mass is 79.9. The van der Waals surface area contributed by atoms with E-state index in [-0.39, 0.29) is 18.3 Å². The molecule has 1 aliphatic rings. The van der Waals surface area contributed by atoms with Crippen LogP contribution in [0.2, 0.25) is 0 Å². The fraction of sp³-hybridized carbons (Fsp3) is 0.600. The van der Waals surface area contributed by atoms with Gasteiger partial charge in [-0.15, -0.1) is 0 Å². The van der Waals surface area contributed by atoms with Gasteiger partial charge in [0.25, 0.3) is 0 Å².